The maximum Gasteiger partial charge on any atom is 0.0416 e. The normalized spacial score (nSPS) is 22.3. The Morgan fingerprint density at radius 2 is 2.28 bits per heavy atom. The summed E-state index contributed by atoms with van der Waals surface area (Å²) in [4.78, 5) is 5.70. The molecule has 2 nitrogen and oxygen atoms in total. The van der Waals surface area contributed by atoms with Gasteiger partial charge in [0.25, 0.3) is 0 Å². The van der Waals surface area contributed by atoms with Gasteiger partial charge in [-0.25, -0.2) is 0 Å². The van der Waals surface area contributed by atoms with Crippen molar-refractivity contribution in [3.8, 4) is 0 Å². The summed E-state index contributed by atoms with van der Waals surface area (Å²) < 4.78 is 0. The van der Waals surface area contributed by atoms with Gasteiger partial charge in [0.2, 0.25) is 0 Å². The van der Waals surface area contributed by atoms with E-state index in [-0.39, 0.29) is 0 Å². The lowest BCUT2D eigenvalue weighted by Crippen LogP contribution is -2.46. The largest absolute Gasteiger partial charge is 0.315 e. The van der Waals surface area contributed by atoms with Crippen LogP contribution < -0.4 is 5.32 Å². The standard InChI is InChI=1S/C15H26N2S/c1-4-14-8-9-15(18-14)12(3)17(5-2)13-7-6-10-16-11-13/h8-9,12-13,16H,4-7,10-11H2,1-3H3. The Hall–Kier alpha value is -0.380. The zero-order chi connectivity index (χ0) is 13.0. The molecule has 2 atom stereocenters. The van der Waals surface area contributed by atoms with Crippen molar-refractivity contribution in [1.82, 2.24) is 10.2 Å². The summed E-state index contributed by atoms with van der Waals surface area (Å²) in [7, 11) is 0. The van der Waals surface area contributed by atoms with E-state index >= 15 is 0 Å². The van der Waals surface area contributed by atoms with Gasteiger partial charge in [-0.15, -0.1) is 11.3 Å². The third-order valence-corrected chi connectivity index (χ3v) is 5.44. The number of likely N-dealkylation sites (N-methyl/N-ethyl adjacent to an activating group) is 1. The molecule has 1 aromatic heterocycles. The molecule has 3 heteroatoms. The first kappa shape index (κ1) is 14.0. The predicted molar refractivity (Wildman–Crippen MR) is 80.4 cm³/mol. The lowest BCUT2D eigenvalue weighted by molar-refractivity contribution is 0.130. The highest BCUT2D eigenvalue weighted by Gasteiger charge is 2.25. The van der Waals surface area contributed by atoms with Crippen LogP contribution >= 0.6 is 11.3 Å². The smallest absolute Gasteiger partial charge is 0.0416 e. The highest BCUT2D eigenvalue weighted by molar-refractivity contribution is 7.12. The molecule has 0 bridgehead atoms. The van der Waals surface area contributed by atoms with Crippen LogP contribution in [0.2, 0.25) is 0 Å². The molecule has 0 amide bonds. The van der Waals surface area contributed by atoms with E-state index in [4.69, 9.17) is 0 Å². The van der Waals surface area contributed by atoms with Gasteiger partial charge in [-0.3, -0.25) is 4.90 Å². The quantitative estimate of drug-likeness (QED) is 0.878. The molecule has 1 aliphatic rings. The van der Waals surface area contributed by atoms with E-state index in [2.05, 4.69) is 43.1 Å². The van der Waals surface area contributed by atoms with Gasteiger partial charge in [0.1, 0.15) is 0 Å². The lowest BCUT2D eigenvalue weighted by Gasteiger charge is -2.37. The Labute approximate surface area is 115 Å². The first-order valence-corrected chi connectivity index (χ1v) is 8.13. The first-order chi connectivity index (χ1) is 8.76. The molecular formula is C15H26N2S. The zero-order valence-corrected chi connectivity index (χ0v) is 12.7. The van der Waals surface area contributed by atoms with Crippen LogP contribution in [-0.4, -0.2) is 30.6 Å². The summed E-state index contributed by atoms with van der Waals surface area (Å²) in [6.45, 7) is 10.4. The van der Waals surface area contributed by atoms with E-state index in [0.717, 1.165) is 19.5 Å². The fraction of sp³-hybridized carbons (Fsp3) is 0.733. The minimum Gasteiger partial charge on any atom is -0.315 e. The average molecular weight is 266 g/mol. The highest BCUT2D eigenvalue weighted by Crippen LogP contribution is 2.30. The highest BCUT2D eigenvalue weighted by atomic mass is 32.1. The van der Waals surface area contributed by atoms with Crippen molar-refractivity contribution in [2.45, 2.75) is 52.1 Å². The molecule has 1 saturated heterocycles. The lowest BCUT2D eigenvalue weighted by atomic mass is 10.0. The molecule has 1 N–H and O–H groups in total. The van der Waals surface area contributed by atoms with Crippen molar-refractivity contribution in [2.24, 2.45) is 0 Å². The van der Waals surface area contributed by atoms with Gasteiger partial charge in [-0.2, -0.15) is 0 Å². The Balaban J connectivity index is 2.06. The van der Waals surface area contributed by atoms with Crippen molar-refractivity contribution in [3.63, 3.8) is 0 Å². The SMILES string of the molecule is CCc1ccc(C(C)N(CC)C2CCCNC2)s1. The second kappa shape index (κ2) is 6.69. The second-order valence-electron chi connectivity index (χ2n) is 5.16. The summed E-state index contributed by atoms with van der Waals surface area (Å²) in [5, 5.41) is 3.53. The molecule has 1 fully saturated rings. The van der Waals surface area contributed by atoms with E-state index in [0.29, 0.717) is 12.1 Å². The van der Waals surface area contributed by atoms with Crippen molar-refractivity contribution in [2.75, 3.05) is 19.6 Å². The fourth-order valence-corrected chi connectivity index (χ4v) is 3.96. The Morgan fingerprint density at radius 1 is 1.44 bits per heavy atom. The third kappa shape index (κ3) is 3.14. The molecule has 2 rings (SSSR count). The van der Waals surface area contributed by atoms with Gasteiger partial charge >= 0.3 is 0 Å². The van der Waals surface area contributed by atoms with Gasteiger partial charge in [-0.05, 0) is 51.4 Å². The summed E-state index contributed by atoms with van der Waals surface area (Å²) >= 11 is 1.99. The number of nitrogens with one attached hydrogen (secondary N) is 1. The number of thiophene rings is 1. The van der Waals surface area contributed by atoms with Crippen LogP contribution in [0.15, 0.2) is 12.1 Å². The first-order valence-electron chi connectivity index (χ1n) is 7.31. The molecule has 0 aromatic carbocycles. The summed E-state index contributed by atoms with van der Waals surface area (Å²) in [5.41, 5.74) is 0. The predicted octanol–water partition coefficient (Wildman–Crippen LogP) is 3.45. The molecule has 102 valence electrons. The molecule has 18 heavy (non-hydrogen) atoms. The number of piperidine rings is 1. The molecule has 0 spiro atoms. The van der Waals surface area contributed by atoms with E-state index in [1.54, 1.807) is 0 Å². The van der Waals surface area contributed by atoms with Crippen LogP contribution in [0.4, 0.5) is 0 Å². The zero-order valence-electron chi connectivity index (χ0n) is 11.9. The van der Waals surface area contributed by atoms with E-state index in [9.17, 15) is 0 Å². The Bertz CT molecular complexity index is 355. The molecular weight excluding hydrogens is 240 g/mol. The molecule has 1 aliphatic heterocycles. The summed E-state index contributed by atoms with van der Waals surface area (Å²) in [5.74, 6) is 0. The monoisotopic (exact) mass is 266 g/mol. The molecule has 2 unspecified atom stereocenters. The maximum atomic E-state index is 3.53. The van der Waals surface area contributed by atoms with Gasteiger partial charge in [0.15, 0.2) is 0 Å². The van der Waals surface area contributed by atoms with Crippen LogP contribution in [0, 0.1) is 0 Å². The third-order valence-electron chi connectivity index (χ3n) is 4.05. The van der Waals surface area contributed by atoms with Crippen LogP contribution in [0.3, 0.4) is 0 Å². The number of hydrogen-bond acceptors (Lipinski definition) is 3. The second-order valence-corrected chi connectivity index (χ2v) is 6.36. The van der Waals surface area contributed by atoms with Gasteiger partial charge in [0, 0.05) is 28.4 Å². The summed E-state index contributed by atoms with van der Waals surface area (Å²) in [6.07, 6.45) is 3.82. The van der Waals surface area contributed by atoms with E-state index < -0.39 is 0 Å². The summed E-state index contributed by atoms with van der Waals surface area (Å²) in [6, 6.07) is 5.90. The minimum absolute atomic E-state index is 0.560. The molecule has 1 aromatic rings. The Morgan fingerprint density at radius 3 is 2.83 bits per heavy atom. The number of rotatable bonds is 5. The van der Waals surface area contributed by atoms with Crippen LogP contribution in [-0.2, 0) is 6.42 Å². The Kier molecular flexibility index (Phi) is 5.22. The molecule has 0 saturated carbocycles. The van der Waals surface area contributed by atoms with Crippen molar-refractivity contribution >= 4 is 11.3 Å². The van der Waals surface area contributed by atoms with Crippen molar-refractivity contribution < 1.29 is 0 Å². The van der Waals surface area contributed by atoms with Crippen LogP contribution in [0.25, 0.3) is 0 Å². The van der Waals surface area contributed by atoms with Gasteiger partial charge < -0.3 is 5.32 Å². The average Bonchev–Trinajstić information content (AvgIpc) is 2.89. The van der Waals surface area contributed by atoms with E-state index in [1.165, 1.54) is 29.1 Å². The fourth-order valence-electron chi connectivity index (χ4n) is 2.94. The minimum atomic E-state index is 0.560. The number of hydrogen-bond donors (Lipinski definition) is 1. The van der Waals surface area contributed by atoms with Crippen LogP contribution in [0.5, 0.6) is 0 Å². The molecule has 0 aliphatic carbocycles. The molecule has 2 heterocycles. The van der Waals surface area contributed by atoms with Crippen molar-refractivity contribution in [1.29, 1.82) is 0 Å². The van der Waals surface area contributed by atoms with Crippen LogP contribution in [0.1, 0.15) is 49.4 Å². The van der Waals surface area contributed by atoms with Gasteiger partial charge in [0.05, 0.1) is 0 Å². The molecule has 0 radical (unpaired) electrons. The van der Waals surface area contributed by atoms with Crippen molar-refractivity contribution in [3.05, 3.63) is 21.9 Å². The topological polar surface area (TPSA) is 15.3 Å². The number of nitrogens with zero attached hydrogens (tertiary/aromatic N) is 1. The maximum absolute atomic E-state index is 3.53. The van der Waals surface area contributed by atoms with Gasteiger partial charge in [-0.1, -0.05) is 13.8 Å². The van der Waals surface area contributed by atoms with E-state index in [1.807, 2.05) is 11.3 Å². The number of aryl methyl sites for hydroxylation is 1.